The number of carboxylic acid groups (broad SMARTS) is 1. The quantitative estimate of drug-likeness (QED) is 0.148. The SMILES string of the molecule is COc1cccc(C2(OC3OC(C(=O)OC4OC(C(=O)O)C(O)C(O)C4O)C(O)C(O)C3O)CCCCC2CN(C)C)c1. The molecule has 43 heavy (non-hydrogen) atoms. The van der Waals surface area contributed by atoms with Crippen molar-refractivity contribution >= 4 is 11.9 Å². The predicted molar refractivity (Wildman–Crippen MR) is 143 cm³/mol. The Hall–Kier alpha value is -2.44. The molecule has 0 amide bonds. The first-order chi connectivity index (χ1) is 20.3. The first-order valence-electron chi connectivity index (χ1n) is 14.1. The van der Waals surface area contributed by atoms with Crippen LogP contribution in [0.25, 0.3) is 0 Å². The van der Waals surface area contributed by atoms with Gasteiger partial charge in [-0.05, 0) is 44.6 Å². The van der Waals surface area contributed by atoms with Gasteiger partial charge >= 0.3 is 11.9 Å². The van der Waals surface area contributed by atoms with E-state index in [0.29, 0.717) is 18.7 Å². The Morgan fingerprint density at radius 3 is 2.16 bits per heavy atom. The van der Waals surface area contributed by atoms with Crippen LogP contribution in [0.4, 0.5) is 0 Å². The number of methoxy groups -OCH3 is 1. The van der Waals surface area contributed by atoms with Gasteiger partial charge in [-0.15, -0.1) is 0 Å². The number of aliphatic carboxylic acids is 1. The van der Waals surface area contributed by atoms with Gasteiger partial charge in [-0.2, -0.15) is 0 Å². The van der Waals surface area contributed by atoms with Crippen molar-refractivity contribution in [1.29, 1.82) is 0 Å². The van der Waals surface area contributed by atoms with Gasteiger partial charge in [0.25, 0.3) is 0 Å². The highest BCUT2D eigenvalue weighted by Crippen LogP contribution is 2.48. The Morgan fingerprint density at radius 1 is 0.907 bits per heavy atom. The molecule has 3 aliphatic rings. The van der Waals surface area contributed by atoms with Crippen LogP contribution in [0.15, 0.2) is 24.3 Å². The van der Waals surface area contributed by atoms with Crippen molar-refractivity contribution in [2.45, 2.75) is 92.7 Å². The van der Waals surface area contributed by atoms with E-state index in [4.69, 9.17) is 23.7 Å². The Bertz CT molecular complexity index is 1120. The monoisotopic (exact) mass is 615 g/mol. The van der Waals surface area contributed by atoms with Crippen LogP contribution in [-0.4, -0.2) is 142 Å². The molecule has 1 aromatic rings. The van der Waals surface area contributed by atoms with Crippen molar-refractivity contribution in [2.75, 3.05) is 27.7 Å². The minimum absolute atomic E-state index is 0.125. The first kappa shape index (κ1) is 33.5. The van der Waals surface area contributed by atoms with Crippen LogP contribution < -0.4 is 4.74 Å². The van der Waals surface area contributed by atoms with Gasteiger partial charge in [0.05, 0.1) is 7.11 Å². The van der Waals surface area contributed by atoms with E-state index in [2.05, 4.69) is 0 Å². The number of carbonyl (C=O) groups is 2. The van der Waals surface area contributed by atoms with Gasteiger partial charge in [-0.1, -0.05) is 25.0 Å². The van der Waals surface area contributed by atoms with Gasteiger partial charge in [0, 0.05) is 12.5 Å². The lowest BCUT2D eigenvalue weighted by Crippen LogP contribution is -2.64. The molecule has 3 fully saturated rings. The number of hydrogen-bond acceptors (Lipinski definition) is 14. The van der Waals surface area contributed by atoms with Crippen LogP contribution in [0.1, 0.15) is 31.2 Å². The standard InChI is InChI=1S/C28H41NO14/c1-29(2)12-14-7-4-5-10-28(14,13-8-6-9-15(11-13)39-3)43-27-21(35)17(31)19(33)23(41-27)25(38)42-26-20(34)16(30)18(32)22(40-26)24(36)37/h6,8-9,11,14,16-23,26-27,30-35H,4-5,7,10,12H2,1-3H3,(H,36,37). The zero-order valence-electron chi connectivity index (χ0n) is 24.1. The molecular formula is C28H41NO14. The van der Waals surface area contributed by atoms with Crippen LogP contribution in [0.2, 0.25) is 0 Å². The minimum Gasteiger partial charge on any atom is -0.497 e. The summed E-state index contributed by atoms with van der Waals surface area (Å²) in [6.07, 6.45) is -16.7. The highest BCUT2D eigenvalue weighted by molar-refractivity contribution is 5.76. The summed E-state index contributed by atoms with van der Waals surface area (Å²) in [6, 6.07) is 7.22. The average Bonchev–Trinajstić information content (AvgIpc) is 2.98. The van der Waals surface area contributed by atoms with Crippen LogP contribution in [0.5, 0.6) is 5.75 Å². The van der Waals surface area contributed by atoms with Crippen molar-refractivity contribution in [3.63, 3.8) is 0 Å². The number of ether oxygens (including phenoxy) is 5. The molecule has 0 spiro atoms. The van der Waals surface area contributed by atoms with Gasteiger partial charge in [0.2, 0.25) is 6.29 Å². The Kier molecular flexibility index (Phi) is 10.6. The second-order valence-corrected chi connectivity index (χ2v) is 11.5. The highest BCUT2D eigenvalue weighted by Gasteiger charge is 2.55. The third-order valence-corrected chi connectivity index (χ3v) is 8.33. The van der Waals surface area contributed by atoms with Crippen molar-refractivity contribution in [1.82, 2.24) is 4.90 Å². The normalized spacial score (nSPS) is 40.2. The molecule has 15 nitrogen and oxygen atoms in total. The third kappa shape index (κ3) is 6.81. The number of rotatable bonds is 9. The smallest absolute Gasteiger partial charge is 0.340 e. The van der Waals surface area contributed by atoms with Crippen molar-refractivity contribution in [3.8, 4) is 5.75 Å². The van der Waals surface area contributed by atoms with E-state index in [0.717, 1.165) is 24.8 Å². The van der Waals surface area contributed by atoms with Gasteiger partial charge in [0.1, 0.15) is 48.0 Å². The first-order valence-corrected chi connectivity index (χ1v) is 14.1. The van der Waals surface area contributed by atoms with E-state index in [-0.39, 0.29) is 5.92 Å². The molecule has 0 bridgehead atoms. The second-order valence-electron chi connectivity index (χ2n) is 11.5. The molecule has 2 aliphatic heterocycles. The van der Waals surface area contributed by atoms with Crippen molar-refractivity contribution in [3.05, 3.63) is 29.8 Å². The van der Waals surface area contributed by atoms with Gasteiger partial charge in [-0.3, -0.25) is 0 Å². The molecular weight excluding hydrogens is 574 g/mol. The zero-order chi connectivity index (χ0) is 31.6. The molecule has 4 rings (SSSR count). The molecule has 12 unspecified atom stereocenters. The summed E-state index contributed by atoms with van der Waals surface area (Å²) in [5.41, 5.74) is -0.350. The zero-order valence-corrected chi connectivity index (χ0v) is 24.1. The van der Waals surface area contributed by atoms with Crippen LogP contribution >= 0.6 is 0 Å². The van der Waals surface area contributed by atoms with E-state index < -0.39 is 79.0 Å². The number of benzene rings is 1. The number of aliphatic hydroxyl groups is 6. The summed E-state index contributed by atoms with van der Waals surface area (Å²) in [4.78, 5) is 26.6. The van der Waals surface area contributed by atoms with Gasteiger partial charge in [-0.25, -0.2) is 9.59 Å². The maximum absolute atomic E-state index is 13.2. The van der Waals surface area contributed by atoms with Crippen LogP contribution in [0.3, 0.4) is 0 Å². The summed E-state index contributed by atoms with van der Waals surface area (Å²) >= 11 is 0. The number of hydrogen-bond donors (Lipinski definition) is 7. The third-order valence-electron chi connectivity index (χ3n) is 8.33. The fourth-order valence-corrected chi connectivity index (χ4v) is 6.06. The van der Waals surface area contributed by atoms with Gasteiger partial charge in [0.15, 0.2) is 18.5 Å². The average molecular weight is 616 g/mol. The second kappa shape index (κ2) is 13.7. The molecule has 242 valence electrons. The molecule has 15 heteroatoms. The number of carbonyl (C=O) groups excluding carboxylic acids is 1. The highest BCUT2D eigenvalue weighted by atomic mass is 16.8. The summed E-state index contributed by atoms with van der Waals surface area (Å²) in [5.74, 6) is -2.66. The summed E-state index contributed by atoms with van der Waals surface area (Å²) in [7, 11) is 5.35. The topological polar surface area (TPSA) is 225 Å². The molecule has 2 heterocycles. The van der Waals surface area contributed by atoms with E-state index in [1.807, 2.05) is 25.1 Å². The molecule has 12 atom stereocenters. The number of nitrogens with zero attached hydrogens (tertiary/aromatic N) is 1. The molecule has 1 saturated carbocycles. The number of carboxylic acids is 1. The lowest BCUT2D eigenvalue weighted by atomic mass is 9.70. The van der Waals surface area contributed by atoms with Gasteiger partial charge < -0.3 is 64.3 Å². The maximum atomic E-state index is 13.2. The number of aliphatic hydroxyl groups excluding tert-OH is 6. The summed E-state index contributed by atoms with van der Waals surface area (Å²) < 4.78 is 27.8. The fraction of sp³-hybridized carbons (Fsp3) is 0.714. The summed E-state index contributed by atoms with van der Waals surface area (Å²) in [6.45, 7) is 0.590. The Balaban J connectivity index is 1.62. The van der Waals surface area contributed by atoms with E-state index >= 15 is 0 Å². The van der Waals surface area contributed by atoms with Crippen LogP contribution in [-0.2, 0) is 34.1 Å². The molecule has 1 aliphatic carbocycles. The van der Waals surface area contributed by atoms with E-state index in [1.165, 1.54) is 7.11 Å². The van der Waals surface area contributed by atoms with Crippen molar-refractivity contribution < 1.29 is 69.0 Å². The maximum Gasteiger partial charge on any atom is 0.340 e. The van der Waals surface area contributed by atoms with Crippen molar-refractivity contribution in [2.24, 2.45) is 5.92 Å². The Morgan fingerprint density at radius 2 is 1.53 bits per heavy atom. The summed E-state index contributed by atoms with van der Waals surface area (Å²) in [5, 5.41) is 71.8. The molecule has 0 radical (unpaired) electrons. The molecule has 0 aromatic heterocycles. The van der Waals surface area contributed by atoms with E-state index in [9.17, 15) is 45.3 Å². The molecule has 7 N–H and O–H groups in total. The molecule has 1 aromatic carbocycles. The molecule has 2 saturated heterocycles. The lowest BCUT2D eigenvalue weighted by molar-refractivity contribution is -0.339. The predicted octanol–water partition coefficient (Wildman–Crippen LogP) is -2.10. The number of esters is 1. The van der Waals surface area contributed by atoms with E-state index in [1.54, 1.807) is 18.2 Å². The Labute approximate surface area is 248 Å². The fourth-order valence-electron chi connectivity index (χ4n) is 6.06. The lowest BCUT2D eigenvalue weighted by Gasteiger charge is -2.49. The largest absolute Gasteiger partial charge is 0.497 e. The minimum atomic E-state index is -2.07. The van der Waals surface area contributed by atoms with Crippen LogP contribution in [0, 0.1) is 5.92 Å².